The first kappa shape index (κ1) is 10.2. The van der Waals surface area contributed by atoms with E-state index in [9.17, 15) is 4.79 Å². The van der Waals surface area contributed by atoms with Crippen LogP contribution in [0, 0.1) is 0 Å². The molecule has 3 nitrogen and oxygen atoms in total. The Bertz CT molecular complexity index is 410. The van der Waals surface area contributed by atoms with E-state index < -0.39 is 0 Å². The molecule has 0 bridgehead atoms. The third-order valence-electron chi connectivity index (χ3n) is 3.12. The van der Waals surface area contributed by atoms with Gasteiger partial charge >= 0.3 is 0 Å². The summed E-state index contributed by atoms with van der Waals surface area (Å²) in [5, 5.41) is 2.81. The third kappa shape index (κ3) is 1.75. The molecule has 15 heavy (non-hydrogen) atoms. The van der Waals surface area contributed by atoms with Gasteiger partial charge in [-0.3, -0.25) is 4.79 Å². The lowest BCUT2D eigenvalue weighted by molar-refractivity contribution is -0.115. The van der Waals surface area contributed by atoms with Crippen molar-refractivity contribution < 1.29 is 4.79 Å². The average Bonchev–Trinajstić information content (AvgIpc) is 2.56. The number of hydrogen-bond donors (Lipinski definition) is 2. The van der Waals surface area contributed by atoms with Crippen LogP contribution in [0.5, 0.6) is 0 Å². The SMILES string of the molecule is CCC(C)(N)c1ccc2c(c1)CC(=O)N2. The fourth-order valence-corrected chi connectivity index (χ4v) is 1.79. The number of fused-ring (bicyclic) bond motifs is 1. The highest BCUT2D eigenvalue weighted by Gasteiger charge is 2.23. The summed E-state index contributed by atoms with van der Waals surface area (Å²) in [6, 6.07) is 5.97. The second-order valence-electron chi connectivity index (χ2n) is 4.37. The molecule has 0 aromatic heterocycles. The predicted molar refractivity (Wildman–Crippen MR) is 60.6 cm³/mol. The van der Waals surface area contributed by atoms with Crippen LogP contribution < -0.4 is 11.1 Å². The molecule has 0 saturated heterocycles. The van der Waals surface area contributed by atoms with E-state index in [1.165, 1.54) is 0 Å². The van der Waals surface area contributed by atoms with Gasteiger partial charge in [0.25, 0.3) is 0 Å². The Morgan fingerprint density at radius 2 is 2.27 bits per heavy atom. The maximum Gasteiger partial charge on any atom is 0.228 e. The highest BCUT2D eigenvalue weighted by molar-refractivity contribution is 5.99. The number of anilines is 1. The van der Waals surface area contributed by atoms with Gasteiger partial charge in [0.15, 0.2) is 0 Å². The van der Waals surface area contributed by atoms with E-state index in [1.54, 1.807) is 0 Å². The van der Waals surface area contributed by atoms with Crippen molar-refractivity contribution in [3.63, 3.8) is 0 Å². The smallest absolute Gasteiger partial charge is 0.228 e. The third-order valence-corrected chi connectivity index (χ3v) is 3.12. The number of hydrogen-bond acceptors (Lipinski definition) is 2. The first-order valence-corrected chi connectivity index (χ1v) is 5.25. The van der Waals surface area contributed by atoms with Crippen LogP contribution >= 0.6 is 0 Å². The average molecular weight is 204 g/mol. The molecule has 1 aliphatic rings. The Morgan fingerprint density at radius 1 is 1.53 bits per heavy atom. The van der Waals surface area contributed by atoms with Gasteiger partial charge in [-0.05, 0) is 30.5 Å². The maximum absolute atomic E-state index is 11.2. The largest absolute Gasteiger partial charge is 0.326 e. The molecule has 1 aromatic carbocycles. The lowest BCUT2D eigenvalue weighted by Crippen LogP contribution is -2.31. The van der Waals surface area contributed by atoms with Gasteiger partial charge in [-0.1, -0.05) is 19.1 Å². The van der Waals surface area contributed by atoms with Crippen molar-refractivity contribution in [1.82, 2.24) is 0 Å². The Morgan fingerprint density at radius 3 is 2.93 bits per heavy atom. The highest BCUT2D eigenvalue weighted by atomic mass is 16.1. The number of benzene rings is 1. The van der Waals surface area contributed by atoms with Crippen molar-refractivity contribution in [3.8, 4) is 0 Å². The van der Waals surface area contributed by atoms with Gasteiger partial charge in [-0.2, -0.15) is 0 Å². The molecule has 3 N–H and O–H groups in total. The van der Waals surface area contributed by atoms with Crippen LogP contribution in [-0.2, 0) is 16.8 Å². The van der Waals surface area contributed by atoms with Crippen LogP contribution in [-0.4, -0.2) is 5.91 Å². The molecule has 1 heterocycles. The van der Waals surface area contributed by atoms with Crippen molar-refractivity contribution in [2.45, 2.75) is 32.2 Å². The molecule has 2 rings (SSSR count). The summed E-state index contributed by atoms with van der Waals surface area (Å²) in [6.45, 7) is 4.08. The number of nitrogens with two attached hydrogens (primary N) is 1. The summed E-state index contributed by atoms with van der Waals surface area (Å²) in [5.41, 5.74) is 8.94. The van der Waals surface area contributed by atoms with E-state index >= 15 is 0 Å². The van der Waals surface area contributed by atoms with Crippen LogP contribution in [0.1, 0.15) is 31.4 Å². The molecular formula is C12H16N2O. The molecule has 0 saturated carbocycles. The molecule has 1 amide bonds. The van der Waals surface area contributed by atoms with Gasteiger partial charge in [0.2, 0.25) is 5.91 Å². The normalized spacial score (nSPS) is 18.2. The second kappa shape index (κ2) is 3.35. The molecule has 0 spiro atoms. The monoisotopic (exact) mass is 204 g/mol. The van der Waals surface area contributed by atoms with Gasteiger partial charge in [0, 0.05) is 11.2 Å². The highest BCUT2D eigenvalue weighted by Crippen LogP contribution is 2.29. The fraction of sp³-hybridized carbons (Fsp3) is 0.417. The van der Waals surface area contributed by atoms with E-state index in [-0.39, 0.29) is 11.4 Å². The van der Waals surface area contributed by atoms with Crippen molar-refractivity contribution in [1.29, 1.82) is 0 Å². The Balaban J connectivity index is 2.39. The molecule has 1 unspecified atom stereocenters. The van der Waals surface area contributed by atoms with E-state index in [0.29, 0.717) is 6.42 Å². The van der Waals surface area contributed by atoms with Gasteiger partial charge < -0.3 is 11.1 Å². The van der Waals surface area contributed by atoms with Crippen molar-refractivity contribution in [2.75, 3.05) is 5.32 Å². The van der Waals surface area contributed by atoms with E-state index in [2.05, 4.69) is 12.2 Å². The van der Waals surface area contributed by atoms with Gasteiger partial charge in [-0.25, -0.2) is 0 Å². The fourth-order valence-electron chi connectivity index (χ4n) is 1.79. The standard InChI is InChI=1S/C12H16N2O/c1-3-12(2,13)9-4-5-10-8(6-9)7-11(15)14-10/h4-6H,3,7,13H2,1-2H3,(H,14,15). The number of rotatable bonds is 2. The van der Waals surface area contributed by atoms with Crippen LogP contribution in [0.4, 0.5) is 5.69 Å². The zero-order chi connectivity index (χ0) is 11.1. The first-order valence-electron chi connectivity index (χ1n) is 5.25. The summed E-state index contributed by atoms with van der Waals surface area (Å²) in [6.07, 6.45) is 1.36. The number of carbonyl (C=O) groups is 1. The summed E-state index contributed by atoms with van der Waals surface area (Å²) >= 11 is 0. The minimum absolute atomic E-state index is 0.0670. The Kier molecular flexibility index (Phi) is 2.27. The number of nitrogens with one attached hydrogen (secondary N) is 1. The minimum atomic E-state index is -0.305. The number of carbonyl (C=O) groups excluding carboxylic acids is 1. The predicted octanol–water partition coefficient (Wildman–Crippen LogP) is 1.77. The van der Waals surface area contributed by atoms with Crippen LogP contribution in [0.2, 0.25) is 0 Å². The van der Waals surface area contributed by atoms with E-state index in [1.807, 2.05) is 25.1 Å². The van der Waals surface area contributed by atoms with E-state index in [0.717, 1.165) is 23.2 Å². The zero-order valence-electron chi connectivity index (χ0n) is 9.13. The molecule has 1 atom stereocenters. The molecule has 0 fully saturated rings. The molecule has 1 aromatic rings. The lowest BCUT2D eigenvalue weighted by atomic mass is 9.89. The molecular weight excluding hydrogens is 188 g/mol. The molecule has 80 valence electrons. The van der Waals surface area contributed by atoms with Gasteiger partial charge in [0.05, 0.1) is 6.42 Å². The maximum atomic E-state index is 11.2. The molecule has 0 radical (unpaired) electrons. The molecule has 0 aliphatic carbocycles. The zero-order valence-corrected chi connectivity index (χ0v) is 9.13. The Labute approximate surface area is 89.7 Å². The molecule has 3 heteroatoms. The summed E-state index contributed by atoms with van der Waals surface area (Å²) < 4.78 is 0. The molecule has 1 aliphatic heterocycles. The van der Waals surface area contributed by atoms with Gasteiger partial charge in [0.1, 0.15) is 0 Å². The second-order valence-corrected chi connectivity index (χ2v) is 4.37. The lowest BCUT2D eigenvalue weighted by Gasteiger charge is -2.23. The number of amides is 1. The first-order chi connectivity index (χ1) is 7.03. The topological polar surface area (TPSA) is 55.1 Å². The van der Waals surface area contributed by atoms with E-state index in [4.69, 9.17) is 5.73 Å². The Hall–Kier alpha value is -1.35. The van der Waals surface area contributed by atoms with Crippen LogP contribution in [0.3, 0.4) is 0 Å². The summed E-state index contributed by atoms with van der Waals surface area (Å²) in [7, 11) is 0. The summed E-state index contributed by atoms with van der Waals surface area (Å²) in [5.74, 6) is 0.0670. The van der Waals surface area contributed by atoms with Crippen molar-refractivity contribution in [2.24, 2.45) is 5.73 Å². The minimum Gasteiger partial charge on any atom is -0.326 e. The van der Waals surface area contributed by atoms with Gasteiger partial charge in [-0.15, -0.1) is 0 Å². The van der Waals surface area contributed by atoms with Crippen LogP contribution in [0.15, 0.2) is 18.2 Å². The van der Waals surface area contributed by atoms with Crippen molar-refractivity contribution in [3.05, 3.63) is 29.3 Å². The van der Waals surface area contributed by atoms with Crippen LogP contribution in [0.25, 0.3) is 0 Å². The summed E-state index contributed by atoms with van der Waals surface area (Å²) in [4.78, 5) is 11.2. The quantitative estimate of drug-likeness (QED) is 0.771. The van der Waals surface area contributed by atoms with Crippen molar-refractivity contribution >= 4 is 11.6 Å².